The number of pyridine rings is 1. The van der Waals surface area contributed by atoms with Gasteiger partial charge in [0.2, 0.25) is 5.88 Å². The summed E-state index contributed by atoms with van der Waals surface area (Å²) < 4.78 is 5.54. The van der Waals surface area contributed by atoms with Crippen molar-refractivity contribution < 1.29 is 14.8 Å². The molecule has 0 atom stereocenters. The summed E-state index contributed by atoms with van der Waals surface area (Å²) in [4.78, 5) is 4.02. The van der Waals surface area contributed by atoms with E-state index in [9.17, 15) is 0 Å². The van der Waals surface area contributed by atoms with Crippen LogP contribution in [-0.2, 0) is 0 Å². The van der Waals surface area contributed by atoms with Gasteiger partial charge in [0.25, 0.3) is 0 Å². The summed E-state index contributed by atoms with van der Waals surface area (Å²) in [5.74, 6) is 0.432. The number of hydrogen-bond acceptors (Lipinski definition) is 4. The first-order valence-electron chi connectivity index (χ1n) is 3.63. The van der Waals surface area contributed by atoms with Crippen molar-refractivity contribution in [3.8, 4) is 5.88 Å². The largest absolute Gasteiger partial charge is 0.490 e. The van der Waals surface area contributed by atoms with Gasteiger partial charge in [-0.15, -0.1) is 0 Å². The molecule has 0 aromatic carbocycles. The predicted octanol–water partition coefficient (Wildman–Crippen LogP) is -0.159. The summed E-state index contributed by atoms with van der Waals surface area (Å²) >= 11 is 3.20. The van der Waals surface area contributed by atoms with Crippen molar-refractivity contribution in [1.82, 2.24) is 4.98 Å². The molecule has 6 heteroatoms. The Balaban J connectivity index is 3.20. The van der Waals surface area contributed by atoms with Crippen LogP contribution >= 0.6 is 15.9 Å². The number of nitrogens with zero attached hydrogens (tertiary/aromatic N) is 1. The number of hydrogen-bond donors (Lipinski definition) is 2. The van der Waals surface area contributed by atoms with E-state index in [2.05, 4.69) is 20.9 Å². The molecule has 1 heterocycles. The highest BCUT2D eigenvalue weighted by Gasteiger charge is 2.17. The van der Waals surface area contributed by atoms with Crippen LogP contribution in [0.2, 0.25) is 0 Å². The van der Waals surface area contributed by atoms with Crippen LogP contribution in [0.1, 0.15) is 5.69 Å². The van der Waals surface area contributed by atoms with E-state index in [0.717, 1.165) is 0 Å². The number of ether oxygens (including phenoxy) is 1. The van der Waals surface area contributed by atoms with Crippen LogP contribution in [0.25, 0.3) is 0 Å². The molecule has 0 bridgehead atoms. The van der Waals surface area contributed by atoms with E-state index in [-0.39, 0.29) is 0 Å². The van der Waals surface area contributed by atoms with Crippen LogP contribution in [0, 0.1) is 6.92 Å². The van der Waals surface area contributed by atoms with Crippen LogP contribution in [-0.4, -0.2) is 29.3 Å². The predicted molar refractivity (Wildman–Crippen MR) is 53.1 cm³/mol. The monoisotopic (exact) mass is 245 g/mol. The molecule has 0 radical (unpaired) electrons. The van der Waals surface area contributed by atoms with Crippen molar-refractivity contribution in [3.63, 3.8) is 0 Å². The zero-order chi connectivity index (χ0) is 10.0. The summed E-state index contributed by atoms with van der Waals surface area (Å²) in [6.45, 7) is 1.68. The molecule has 2 N–H and O–H groups in total. The van der Waals surface area contributed by atoms with Gasteiger partial charge in [0, 0.05) is 11.2 Å². The molecular formula is C7H9BBrNO3. The molecule has 0 fully saturated rings. The third kappa shape index (κ3) is 2.21. The number of aromatic nitrogens is 1. The summed E-state index contributed by atoms with van der Waals surface area (Å²) in [6.07, 6.45) is 0. The first-order chi connectivity index (χ1) is 6.06. The quantitative estimate of drug-likeness (QED) is 0.711. The zero-order valence-electron chi connectivity index (χ0n) is 7.28. The molecule has 0 aliphatic heterocycles. The minimum atomic E-state index is -1.50. The Labute approximate surface area is 84.8 Å². The Morgan fingerprint density at radius 3 is 2.62 bits per heavy atom. The number of methoxy groups -OCH3 is 1. The molecule has 0 saturated heterocycles. The lowest BCUT2D eigenvalue weighted by atomic mass is 9.79. The lowest BCUT2D eigenvalue weighted by Crippen LogP contribution is -2.33. The van der Waals surface area contributed by atoms with Crippen LogP contribution in [0.15, 0.2) is 10.5 Å². The highest BCUT2D eigenvalue weighted by molar-refractivity contribution is 9.10. The molecule has 0 unspecified atom stereocenters. The third-order valence-electron chi connectivity index (χ3n) is 1.65. The smallest absolute Gasteiger partial charge is 0.480 e. The molecule has 13 heavy (non-hydrogen) atoms. The van der Waals surface area contributed by atoms with Gasteiger partial charge in [-0.25, -0.2) is 4.98 Å². The summed E-state index contributed by atoms with van der Waals surface area (Å²) in [5.41, 5.74) is 0.905. The number of rotatable bonds is 2. The highest BCUT2D eigenvalue weighted by Crippen LogP contribution is 2.20. The molecule has 0 spiro atoms. The van der Waals surface area contributed by atoms with Crippen molar-refractivity contribution in [2.45, 2.75) is 6.92 Å². The average Bonchev–Trinajstić information content (AvgIpc) is 2.07. The summed E-state index contributed by atoms with van der Waals surface area (Å²) in [5, 5.41) is 17.9. The third-order valence-corrected chi connectivity index (χ3v) is 2.21. The number of halogens is 1. The normalized spacial score (nSPS) is 9.92. The first-order valence-corrected chi connectivity index (χ1v) is 4.42. The van der Waals surface area contributed by atoms with Gasteiger partial charge >= 0.3 is 7.12 Å². The van der Waals surface area contributed by atoms with Crippen molar-refractivity contribution in [2.24, 2.45) is 0 Å². The van der Waals surface area contributed by atoms with E-state index in [0.29, 0.717) is 21.5 Å². The van der Waals surface area contributed by atoms with Crippen LogP contribution < -0.4 is 10.2 Å². The Morgan fingerprint density at radius 1 is 1.54 bits per heavy atom. The first kappa shape index (κ1) is 10.5. The van der Waals surface area contributed by atoms with E-state index in [1.807, 2.05) is 0 Å². The van der Waals surface area contributed by atoms with E-state index < -0.39 is 7.12 Å². The molecular weight excluding hydrogens is 237 g/mol. The van der Waals surface area contributed by atoms with Gasteiger partial charge in [0.15, 0.2) is 0 Å². The van der Waals surface area contributed by atoms with Crippen molar-refractivity contribution >= 4 is 28.5 Å². The molecule has 0 saturated carbocycles. The van der Waals surface area contributed by atoms with Crippen LogP contribution in [0.4, 0.5) is 0 Å². The molecule has 1 aromatic heterocycles. The van der Waals surface area contributed by atoms with E-state index in [1.54, 1.807) is 13.0 Å². The molecule has 4 nitrogen and oxygen atoms in total. The second kappa shape index (κ2) is 4.08. The van der Waals surface area contributed by atoms with Gasteiger partial charge in [-0.3, -0.25) is 0 Å². The fraction of sp³-hybridized carbons (Fsp3) is 0.286. The average molecular weight is 246 g/mol. The van der Waals surface area contributed by atoms with Crippen LogP contribution in [0.5, 0.6) is 5.88 Å². The van der Waals surface area contributed by atoms with Crippen molar-refractivity contribution in [3.05, 3.63) is 16.2 Å². The van der Waals surface area contributed by atoms with Gasteiger partial charge in [0.05, 0.1) is 11.6 Å². The van der Waals surface area contributed by atoms with E-state index >= 15 is 0 Å². The Morgan fingerprint density at radius 2 is 2.15 bits per heavy atom. The topological polar surface area (TPSA) is 62.6 Å². The number of aryl methyl sites for hydroxylation is 1. The van der Waals surface area contributed by atoms with Crippen molar-refractivity contribution in [1.29, 1.82) is 0 Å². The second-order valence-corrected chi connectivity index (χ2v) is 3.38. The molecule has 70 valence electrons. The fourth-order valence-corrected chi connectivity index (χ4v) is 1.47. The Bertz CT molecular complexity index is 319. The molecule has 0 amide bonds. The lowest BCUT2D eigenvalue weighted by Gasteiger charge is -2.07. The Hall–Kier alpha value is -0.585. The highest BCUT2D eigenvalue weighted by atomic mass is 79.9. The second-order valence-electron chi connectivity index (χ2n) is 2.53. The minimum absolute atomic E-state index is 0.368. The molecule has 0 aliphatic carbocycles. The van der Waals surface area contributed by atoms with Gasteiger partial charge in [-0.05, 0) is 28.9 Å². The van der Waals surface area contributed by atoms with Crippen molar-refractivity contribution in [2.75, 3.05) is 7.11 Å². The fourth-order valence-electron chi connectivity index (χ4n) is 0.977. The maximum atomic E-state index is 8.95. The molecule has 1 rings (SSSR count). The van der Waals surface area contributed by atoms with Gasteiger partial charge < -0.3 is 14.8 Å². The SMILES string of the molecule is COc1nc(C)c(B(O)O)cc1Br. The van der Waals surface area contributed by atoms with E-state index in [4.69, 9.17) is 14.8 Å². The molecule has 0 aliphatic rings. The van der Waals surface area contributed by atoms with Gasteiger partial charge in [-0.2, -0.15) is 0 Å². The minimum Gasteiger partial charge on any atom is -0.480 e. The maximum absolute atomic E-state index is 8.95. The molecule has 1 aromatic rings. The summed E-state index contributed by atoms with van der Waals surface area (Å²) in [7, 11) is -0.00333. The standard InChI is InChI=1S/C7H9BBrNO3/c1-4-5(8(11)12)3-6(9)7(10-4)13-2/h3,11-12H,1-2H3. The van der Waals surface area contributed by atoms with Crippen LogP contribution in [0.3, 0.4) is 0 Å². The van der Waals surface area contributed by atoms with Gasteiger partial charge in [-0.1, -0.05) is 0 Å². The lowest BCUT2D eigenvalue weighted by molar-refractivity contribution is 0.393. The van der Waals surface area contributed by atoms with Gasteiger partial charge in [0.1, 0.15) is 0 Å². The maximum Gasteiger partial charge on any atom is 0.490 e. The zero-order valence-corrected chi connectivity index (χ0v) is 8.87. The Kier molecular flexibility index (Phi) is 3.30. The van der Waals surface area contributed by atoms with E-state index in [1.165, 1.54) is 7.11 Å². The summed E-state index contributed by atoms with van der Waals surface area (Å²) in [6, 6.07) is 1.58.